The average Bonchev–Trinajstić information content (AvgIpc) is 3.12. The summed E-state index contributed by atoms with van der Waals surface area (Å²) in [5, 5.41) is 22.2. The van der Waals surface area contributed by atoms with Crippen molar-refractivity contribution in [3.05, 3.63) is 58.6 Å². The topological polar surface area (TPSA) is 62.2 Å². The van der Waals surface area contributed by atoms with E-state index in [0.717, 1.165) is 30.0 Å². The molecule has 0 aromatic heterocycles. The summed E-state index contributed by atoms with van der Waals surface area (Å²) >= 11 is 5.90. The molecule has 0 saturated carbocycles. The Morgan fingerprint density at radius 3 is 2.46 bits per heavy atom. The number of rotatable bonds is 4. The van der Waals surface area contributed by atoms with Crippen LogP contribution in [0, 0.1) is 0 Å². The molecule has 0 amide bonds. The highest BCUT2D eigenvalue weighted by molar-refractivity contribution is 6.30. The van der Waals surface area contributed by atoms with Crippen molar-refractivity contribution in [2.45, 2.75) is 24.5 Å². The molecule has 2 aliphatic rings. The fourth-order valence-electron chi connectivity index (χ4n) is 3.62. The van der Waals surface area contributed by atoms with Gasteiger partial charge in [-0.05, 0) is 48.2 Å². The van der Waals surface area contributed by atoms with Gasteiger partial charge in [-0.15, -0.1) is 0 Å². The number of halogens is 1. The first-order valence-corrected chi connectivity index (χ1v) is 9.20. The van der Waals surface area contributed by atoms with E-state index in [1.807, 2.05) is 30.3 Å². The van der Waals surface area contributed by atoms with E-state index in [-0.39, 0.29) is 6.79 Å². The maximum Gasteiger partial charge on any atom is 0.231 e. The number of hydrogen-bond acceptors (Lipinski definition) is 5. The van der Waals surface area contributed by atoms with Crippen LogP contribution in [0.15, 0.2) is 42.5 Å². The summed E-state index contributed by atoms with van der Waals surface area (Å²) in [5.41, 5.74) is 0.841. The lowest BCUT2D eigenvalue weighted by Gasteiger charge is -2.39. The third kappa shape index (κ3) is 3.53. The summed E-state index contributed by atoms with van der Waals surface area (Å²) in [6, 6.07) is 12.9. The molecule has 1 atom stereocenters. The maximum absolute atomic E-state index is 11.1. The largest absolute Gasteiger partial charge is 0.454 e. The molecule has 0 radical (unpaired) electrons. The Labute approximate surface area is 157 Å². The smallest absolute Gasteiger partial charge is 0.231 e. The Balaban J connectivity index is 1.38. The van der Waals surface area contributed by atoms with Crippen LogP contribution in [0.25, 0.3) is 0 Å². The second-order valence-corrected chi connectivity index (χ2v) is 7.40. The number of piperidine rings is 1. The molecule has 2 N–H and O–H groups in total. The summed E-state index contributed by atoms with van der Waals surface area (Å²) in [5.74, 6) is 1.41. The molecule has 0 unspecified atom stereocenters. The molecule has 2 aliphatic heterocycles. The van der Waals surface area contributed by atoms with Crippen LogP contribution in [0.2, 0.25) is 5.02 Å². The molecule has 0 bridgehead atoms. The lowest BCUT2D eigenvalue weighted by molar-refractivity contribution is -0.0345. The predicted molar refractivity (Wildman–Crippen MR) is 98.5 cm³/mol. The third-order valence-electron chi connectivity index (χ3n) is 5.28. The van der Waals surface area contributed by atoms with Gasteiger partial charge in [-0.2, -0.15) is 0 Å². The fourth-order valence-corrected chi connectivity index (χ4v) is 3.74. The van der Waals surface area contributed by atoms with Crippen molar-refractivity contribution in [2.75, 3.05) is 26.4 Å². The Morgan fingerprint density at radius 1 is 1.04 bits per heavy atom. The second-order valence-electron chi connectivity index (χ2n) is 6.97. The number of fused-ring (bicyclic) bond motifs is 1. The monoisotopic (exact) mass is 375 g/mol. The molecule has 1 fully saturated rings. The lowest BCUT2D eigenvalue weighted by atomic mass is 9.84. The first-order valence-electron chi connectivity index (χ1n) is 8.82. The zero-order valence-electron chi connectivity index (χ0n) is 14.4. The Bertz CT molecular complexity index is 772. The molecule has 5 nitrogen and oxygen atoms in total. The van der Waals surface area contributed by atoms with Gasteiger partial charge in [0, 0.05) is 24.7 Å². The van der Waals surface area contributed by atoms with Crippen LogP contribution in [0.5, 0.6) is 11.5 Å². The van der Waals surface area contributed by atoms with Crippen molar-refractivity contribution in [1.29, 1.82) is 0 Å². The summed E-state index contributed by atoms with van der Waals surface area (Å²) in [6.07, 6.45) is 0.656. The van der Waals surface area contributed by atoms with E-state index in [1.165, 1.54) is 0 Å². The quantitative estimate of drug-likeness (QED) is 0.859. The summed E-state index contributed by atoms with van der Waals surface area (Å²) in [7, 11) is 0. The lowest BCUT2D eigenvalue weighted by Crippen LogP contribution is -2.43. The molecule has 0 aliphatic carbocycles. The molecular formula is C20H22ClNO4. The average molecular weight is 376 g/mol. The van der Waals surface area contributed by atoms with Crippen molar-refractivity contribution in [1.82, 2.24) is 4.90 Å². The number of aliphatic hydroxyl groups is 2. The highest BCUT2D eigenvalue weighted by Crippen LogP contribution is 2.39. The molecule has 2 aromatic rings. The zero-order valence-corrected chi connectivity index (χ0v) is 15.2. The highest BCUT2D eigenvalue weighted by Gasteiger charge is 2.35. The molecule has 2 aromatic carbocycles. The third-order valence-corrected chi connectivity index (χ3v) is 5.53. The SMILES string of the molecule is O[C@@H](CN1CCC(O)(c2ccc3c(c2)OCO3)CC1)c1ccc(Cl)cc1. The van der Waals surface area contributed by atoms with Crippen molar-refractivity contribution in [3.8, 4) is 11.5 Å². The number of β-amino-alcohol motifs (C(OH)–C–C–N with tert-alkyl or cyclic N) is 1. The van der Waals surface area contributed by atoms with Crippen LogP contribution in [0.4, 0.5) is 0 Å². The number of nitrogens with zero attached hydrogens (tertiary/aromatic N) is 1. The Kier molecular flexibility index (Phi) is 4.80. The van der Waals surface area contributed by atoms with E-state index in [1.54, 1.807) is 12.1 Å². The van der Waals surface area contributed by atoms with Gasteiger partial charge in [-0.25, -0.2) is 0 Å². The Hall–Kier alpha value is -1.79. The van der Waals surface area contributed by atoms with Gasteiger partial charge in [0.1, 0.15) is 0 Å². The van der Waals surface area contributed by atoms with Gasteiger partial charge in [0.25, 0.3) is 0 Å². The van der Waals surface area contributed by atoms with E-state index >= 15 is 0 Å². The zero-order chi connectivity index (χ0) is 18.1. The number of aliphatic hydroxyl groups excluding tert-OH is 1. The van der Waals surface area contributed by atoms with E-state index in [9.17, 15) is 10.2 Å². The van der Waals surface area contributed by atoms with Gasteiger partial charge in [0.2, 0.25) is 6.79 Å². The number of likely N-dealkylation sites (tertiary alicyclic amines) is 1. The van der Waals surface area contributed by atoms with Gasteiger partial charge >= 0.3 is 0 Å². The Morgan fingerprint density at radius 2 is 1.73 bits per heavy atom. The number of benzene rings is 2. The molecule has 26 heavy (non-hydrogen) atoms. The van der Waals surface area contributed by atoms with Gasteiger partial charge in [0.05, 0.1) is 11.7 Å². The van der Waals surface area contributed by atoms with Crippen molar-refractivity contribution < 1.29 is 19.7 Å². The van der Waals surface area contributed by atoms with Crippen LogP contribution < -0.4 is 9.47 Å². The normalized spacial score (nSPS) is 20.1. The minimum atomic E-state index is -0.872. The van der Waals surface area contributed by atoms with Crippen molar-refractivity contribution in [3.63, 3.8) is 0 Å². The highest BCUT2D eigenvalue weighted by atomic mass is 35.5. The first-order chi connectivity index (χ1) is 12.5. The molecule has 138 valence electrons. The predicted octanol–water partition coefficient (Wildman–Crippen LogP) is 3.09. The minimum absolute atomic E-state index is 0.230. The van der Waals surface area contributed by atoms with Gasteiger partial charge in [-0.1, -0.05) is 29.8 Å². The summed E-state index contributed by atoms with van der Waals surface area (Å²) < 4.78 is 10.8. The van der Waals surface area contributed by atoms with Gasteiger partial charge < -0.3 is 24.6 Å². The van der Waals surface area contributed by atoms with E-state index in [0.29, 0.717) is 30.2 Å². The van der Waals surface area contributed by atoms with Crippen LogP contribution in [-0.4, -0.2) is 41.5 Å². The molecular weight excluding hydrogens is 354 g/mol. The minimum Gasteiger partial charge on any atom is -0.454 e. The van der Waals surface area contributed by atoms with E-state index in [4.69, 9.17) is 21.1 Å². The fraction of sp³-hybridized carbons (Fsp3) is 0.400. The van der Waals surface area contributed by atoms with Crippen LogP contribution in [0.3, 0.4) is 0 Å². The molecule has 1 saturated heterocycles. The second kappa shape index (κ2) is 7.08. The first kappa shape index (κ1) is 17.6. The van der Waals surface area contributed by atoms with Crippen LogP contribution >= 0.6 is 11.6 Å². The molecule has 2 heterocycles. The summed E-state index contributed by atoms with van der Waals surface area (Å²) in [6.45, 7) is 2.21. The van der Waals surface area contributed by atoms with Crippen LogP contribution in [-0.2, 0) is 5.60 Å². The molecule has 0 spiro atoms. The standard InChI is InChI=1S/C20H22ClNO4/c21-16-4-1-14(2-5-16)17(23)12-22-9-7-20(24,8-10-22)15-3-6-18-19(11-15)26-13-25-18/h1-6,11,17,23-24H,7-10,12-13H2/t17-/m0/s1. The molecule has 6 heteroatoms. The van der Waals surface area contributed by atoms with Crippen LogP contribution in [0.1, 0.15) is 30.1 Å². The van der Waals surface area contributed by atoms with Gasteiger partial charge in [-0.3, -0.25) is 0 Å². The summed E-state index contributed by atoms with van der Waals surface area (Å²) in [4.78, 5) is 2.18. The molecule has 4 rings (SSSR count). The van der Waals surface area contributed by atoms with Gasteiger partial charge in [0.15, 0.2) is 11.5 Å². The van der Waals surface area contributed by atoms with E-state index < -0.39 is 11.7 Å². The van der Waals surface area contributed by atoms with Crippen molar-refractivity contribution >= 4 is 11.6 Å². The van der Waals surface area contributed by atoms with Crippen molar-refractivity contribution in [2.24, 2.45) is 0 Å². The number of hydrogen-bond donors (Lipinski definition) is 2. The van der Waals surface area contributed by atoms with E-state index in [2.05, 4.69) is 4.90 Å². The number of ether oxygens (including phenoxy) is 2. The maximum atomic E-state index is 11.1.